The zero-order valence-corrected chi connectivity index (χ0v) is 13.8. The molecule has 1 saturated heterocycles. The van der Waals surface area contributed by atoms with Gasteiger partial charge in [-0.1, -0.05) is 30.3 Å². The number of H-pyrrole nitrogens is 1. The number of aromatic amines is 1. The molecule has 1 atom stereocenters. The number of benzene rings is 1. The predicted octanol–water partition coefficient (Wildman–Crippen LogP) is 1.79. The van der Waals surface area contributed by atoms with Crippen molar-refractivity contribution in [2.75, 3.05) is 18.0 Å². The molecule has 0 radical (unpaired) electrons. The molecule has 2 N–H and O–H groups in total. The first kappa shape index (κ1) is 16.2. The van der Waals surface area contributed by atoms with Crippen LogP contribution in [0.3, 0.4) is 0 Å². The van der Waals surface area contributed by atoms with Crippen molar-refractivity contribution in [3.05, 3.63) is 58.0 Å². The van der Waals surface area contributed by atoms with Gasteiger partial charge in [0.2, 0.25) is 11.9 Å². The third-order valence-corrected chi connectivity index (χ3v) is 4.32. The SMILES string of the molecule is C[C@@H](C(=O)NCc1cc(=O)[nH]c(N2CCCC2)n1)c1ccccc1. The van der Waals surface area contributed by atoms with Crippen LogP contribution in [-0.4, -0.2) is 29.0 Å². The van der Waals surface area contributed by atoms with Gasteiger partial charge < -0.3 is 10.2 Å². The Bertz CT molecular complexity index is 751. The lowest BCUT2D eigenvalue weighted by molar-refractivity contribution is -0.122. The van der Waals surface area contributed by atoms with Crippen LogP contribution in [-0.2, 0) is 11.3 Å². The van der Waals surface area contributed by atoms with Gasteiger partial charge in [-0.05, 0) is 25.3 Å². The van der Waals surface area contributed by atoms with E-state index in [0.717, 1.165) is 31.5 Å². The molecule has 1 amide bonds. The lowest BCUT2D eigenvalue weighted by Crippen LogP contribution is -2.30. The summed E-state index contributed by atoms with van der Waals surface area (Å²) >= 11 is 0. The van der Waals surface area contributed by atoms with Crippen LogP contribution in [0.25, 0.3) is 0 Å². The second kappa shape index (κ2) is 7.29. The Kier molecular flexibility index (Phi) is 4.93. The number of carbonyl (C=O) groups is 1. The molecule has 6 heteroatoms. The summed E-state index contributed by atoms with van der Waals surface area (Å²) in [7, 11) is 0. The van der Waals surface area contributed by atoms with Crippen molar-refractivity contribution in [1.82, 2.24) is 15.3 Å². The molecule has 1 aromatic heterocycles. The number of amides is 1. The number of aromatic nitrogens is 2. The van der Waals surface area contributed by atoms with Crippen LogP contribution in [0.2, 0.25) is 0 Å². The Labute approximate surface area is 140 Å². The predicted molar refractivity (Wildman–Crippen MR) is 93.0 cm³/mol. The number of anilines is 1. The number of nitrogens with one attached hydrogen (secondary N) is 2. The molecule has 2 heterocycles. The molecule has 0 bridgehead atoms. The van der Waals surface area contributed by atoms with Gasteiger partial charge in [0.15, 0.2) is 0 Å². The summed E-state index contributed by atoms with van der Waals surface area (Å²) in [4.78, 5) is 33.5. The number of hydrogen-bond acceptors (Lipinski definition) is 4. The minimum Gasteiger partial charge on any atom is -0.350 e. The molecule has 2 aromatic rings. The van der Waals surface area contributed by atoms with Crippen molar-refractivity contribution in [3.63, 3.8) is 0 Å². The normalized spacial score (nSPS) is 15.3. The minimum atomic E-state index is -0.244. The van der Waals surface area contributed by atoms with Gasteiger partial charge >= 0.3 is 0 Å². The van der Waals surface area contributed by atoms with Crippen molar-refractivity contribution < 1.29 is 4.79 Å². The standard InChI is InChI=1S/C18H22N4O2/c1-13(14-7-3-2-4-8-14)17(24)19-12-15-11-16(23)21-18(20-15)22-9-5-6-10-22/h2-4,7-8,11,13H,5-6,9-10,12H2,1H3,(H,19,24)(H,20,21,23)/t13-/m1/s1. The van der Waals surface area contributed by atoms with Crippen LogP contribution in [0, 0.1) is 0 Å². The molecular formula is C18H22N4O2. The van der Waals surface area contributed by atoms with E-state index < -0.39 is 0 Å². The van der Waals surface area contributed by atoms with Gasteiger partial charge in [0, 0.05) is 19.2 Å². The fourth-order valence-electron chi connectivity index (χ4n) is 2.89. The maximum Gasteiger partial charge on any atom is 0.252 e. The first-order valence-corrected chi connectivity index (χ1v) is 8.31. The largest absolute Gasteiger partial charge is 0.350 e. The van der Waals surface area contributed by atoms with Crippen molar-refractivity contribution >= 4 is 11.9 Å². The van der Waals surface area contributed by atoms with Crippen LogP contribution in [0.15, 0.2) is 41.2 Å². The molecule has 0 saturated carbocycles. The summed E-state index contributed by atoms with van der Waals surface area (Å²) in [5.74, 6) is 0.276. The van der Waals surface area contributed by atoms with Gasteiger partial charge in [-0.15, -0.1) is 0 Å². The van der Waals surface area contributed by atoms with Crippen LogP contribution in [0.5, 0.6) is 0 Å². The summed E-state index contributed by atoms with van der Waals surface area (Å²) in [5.41, 5.74) is 1.35. The highest BCUT2D eigenvalue weighted by Crippen LogP contribution is 2.16. The molecule has 24 heavy (non-hydrogen) atoms. The van der Waals surface area contributed by atoms with E-state index in [-0.39, 0.29) is 23.9 Å². The Morgan fingerprint density at radius 2 is 2.00 bits per heavy atom. The van der Waals surface area contributed by atoms with E-state index in [1.165, 1.54) is 6.07 Å². The van der Waals surface area contributed by atoms with E-state index in [2.05, 4.69) is 20.2 Å². The lowest BCUT2D eigenvalue weighted by Gasteiger charge is -2.16. The van der Waals surface area contributed by atoms with Crippen LogP contribution < -0.4 is 15.8 Å². The first-order valence-electron chi connectivity index (χ1n) is 8.31. The maximum absolute atomic E-state index is 12.3. The van der Waals surface area contributed by atoms with Crippen LogP contribution in [0.1, 0.15) is 36.9 Å². The van der Waals surface area contributed by atoms with Crippen LogP contribution >= 0.6 is 0 Å². The molecule has 1 aliphatic heterocycles. The van der Waals surface area contributed by atoms with Gasteiger partial charge in [-0.25, -0.2) is 4.98 Å². The zero-order chi connectivity index (χ0) is 16.9. The fraction of sp³-hybridized carbons (Fsp3) is 0.389. The number of rotatable bonds is 5. The van der Waals surface area contributed by atoms with Gasteiger partial charge in [0.1, 0.15) is 0 Å². The molecule has 3 rings (SSSR count). The quantitative estimate of drug-likeness (QED) is 0.878. The Morgan fingerprint density at radius 3 is 2.71 bits per heavy atom. The van der Waals surface area contributed by atoms with E-state index >= 15 is 0 Å². The van der Waals surface area contributed by atoms with E-state index in [0.29, 0.717) is 11.6 Å². The zero-order valence-electron chi connectivity index (χ0n) is 13.8. The highest BCUT2D eigenvalue weighted by molar-refractivity contribution is 5.83. The van der Waals surface area contributed by atoms with Crippen LogP contribution in [0.4, 0.5) is 5.95 Å². The molecule has 126 valence electrons. The molecular weight excluding hydrogens is 304 g/mol. The van der Waals surface area contributed by atoms with Gasteiger partial charge in [-0.3, -0.25) is 14.6 Å². The number of carbonyl (C=O) groups excluding carboxylic acids is 1. The number of hydrogen-bond donors (Lipinski definition) is 2. The number of nitrogens with zero attached hydrogens (tertiary/aromatic N) is 2. The second-order valence-corrected chi connectivity index (χ2v) is 6.10. The molecule has 1 fully saturated rings. The lowest BCUT2D eigenvalue weighted by atomic mass is 10.0. The van der Waals surface area contributed by atoms with E-state index in [1.54, 1.807) is 0 Å². The molecule has 6 nitrogen and oxygen atoms in total. The van der Waals surface area contributed by atoms with Crippen molar-refractivity contribution in [2.45, 2.75) is 32.2 Å². The minimum absolute atomic E-state index is 0.0778. The van der Waals surface area contributed by atoms with Crippen molar-refractivity contribution in [3.8, 4) is 0 Å². The summed E-state index contributed by atoms with van der Waals surface area (Å²) < 4.78 is 0. The Morgan fingerprint density at radius 1 is 1.29 bits per heavy atom. The van der Waals surface area contributed by atoms with E-state index in [1.807, 2.05) is 37.3 Å². The monoisotopic (exact) mass is 326 g/mol. The summed E-state index contributed by atoms with van der Waals surface area (Å²) in [6.45, 7) is 3.93. The van der Waals surface area contributed by atoms with E-state index in [4.69, 9.17) is 0 Å². The van der Waals surface area contributed by atoms with E-state index in [9.17, 15) is 9.59 Å². The molecule has 1 aliphatic rings. The van der Waals surface area contributed by atoms with Gasteiger partial charge in [0.05, 0.1) is 18.2 Å². The average Bonchev–Trinajstić information content (AvgIpc) is 3.14. The second-order valence-electron chi connectivity index (χ2n) is 6.10. The average molecular weight is 326 g/mol. The topological polar surface area (TPSA) is 78.1 Å². The molecule has 1 aromatic carbocycles. The summed E-state index contributed by atoms with van der Waals surface area (Å²) in [6.07, 6.45) is 2.22. The smallest absolute Gasteiger partial charge is 0.252 e. The van der Waals surface area contributed by atoms with Gasteiger partial charge in [0.25, 0.3) is 5.56 Å². The summed E-state index contributed by atoms with van der Waals surface area (Å²) in [6, 6.07) is 11.1. The van der Waals surface area contributed by atoms with Crippen molar-refractivity contribution in [1.29, 1.82) is 0 Å². The summed E-state index contributed by atoms with van der Waals surface area (Å²) in [5, 5.41) is 2.87. The Balaban J connectivity index is 1.65. The van der Waals surface area contributed by atoms with Crippen molar-refractivity contribution in [2.24, 2.45) is 0 Å². The Hall–Kier alpha value is -2.63. The first-order chi connectivity index (χ1) is 11.6. The third-order valence-electron chi connectivity index (χ3n) is 4.32. The molecule has 0 spiro atoms. The van der Waals surface area contributed by atoms with Gasteiger partial charge in [-0.2, -0.15) is 0 Å². The molecule has 0 aliphatic carbocycles. The maximum atomic E-state index is 12.3. The highest BCUT2D eigenvalue weighted by atomic mass is 16.2. The molecule has 0 unspecified atom stereocenters. The third kappa shape index (κ3) is 3.82. The fourth-order valence-corrected chi connectivity index (χ4v) is 2.89. The highest BCUT2D eigenvalue weighted by Gasteiger charge is 2.17.